The number of allylic oxidation sites excluding steroid dienone is 2. The molecule has 4 atom stereocenters. The average molecular weight is 275 g/mol. The van der Waals surface area contributed by atoms with Crippen LogP contribution in [0, 0.1) is 17.8 Å². The van der Waals surface area contributed by atoms with Gasteiger partial charge in [0.2, 0.25) is 0 Å². The first kappa shape index (κ1) is 12.9. The lowest BCUT2D eigenvalue weighted by molar-refractivity contribution is 0.472. The Labute approximate surface area is 117 Å². The standard InChI is InChI=1S/C16H21NOS/c1-19(18)11-13-3-2-4-16(9-13)17-10-15-8-12-5-6-14(15)7-12/h2-6,9,12,14-15,17H,7-8,10-11H2,1H3/t12-,14-,15-,19+/m0/s1. The van der Waals surface area contributed by atoms with Gasteiger partial charge in [0.05, 0.1) is 0 Å². The number of fused-ring (bicyclic) bond motifs is 2. The molecular formula is C16H21NOS. The Balaban J connectivity index is 1.58. The van der Waals surface area contributed by atoms with E-state index in [0.717, 1.165) is 35.5 Å². The molecule has 2 bridgehead atoms. The molecule has 102 valence electrons. The summed E-state index contributed by atoms with van der Waals surface area (Å²) in [5, 5.41) is 3.55. The van der Waals surface area contributed by atoms with E-state index in [4.69, 9.17) is 0 Å². The molecule has 1 aromatic carbocycles. The predicted molar refractivity (Wildman–Crippen MR) is 81.5 cm³/mol. The van der Waals surface area contributed by atoms with Crippen molar-refractivity contribution >= 4 is 16.5 Å². The molecule has 0 saturated heterocycles. The number of hydrogen-bond donors (Lipinski definition) is 1. The van der Waals surface area contributed by atoms with E-state index in [0.29, 0.717) is 5.75 Å². The molecule has 0 amide bonds. The van der Waals surface area contributed by atoms with Crippen molar-refractivity contribution in [1.82, 2.24) is 0 Å². The maximum absolute atomic E-state index is 11.3. The van der Waals surface area contributed by atoms with E-state index in [-0.39, 0.29) is 0 Å². The van der Waals surface area contributed by atoms with Crippen molar-refractivity contribution in [3.63, 3.8) is 0 Å². The summed E-state index contributed by atoms with van der Waals surface area (Å²) >= 11 is 0. The highest BCUT2D eigenvalue weighted by Crippen LogP contribution is 2.43. The van der Waals surface area contributed by atoms with Crippen LogP contribution in [-0.4, -0.2) is 17.0 Å². The fraction of sp³-hybridized carbons (Fsp3) is 0.500. The van der Waals surface area contributed by atoms with Gasteiger partial charge in [-0.25, -0.2) is 0 Å². The lowest BCUT2D eigenvalue weighted by atomic mass is 9.93. The molecule has 3 rings (SSSR count). The Kier molecular flexibility index (Phi) is 3.74. The second-order valence-corrected chi connectivity index (χ2v) is 7.27. The Hall–Kier alpha value is -1.09. The third-order valence-corrected chi connectivity index (χ3v) is 5.02. The minimum Gasteiger partial charge on any atom is -0.385 e. The zero-order valence-corrected chi connectivity index (χ0v) is 12.2. The monoisotopic (exact) mass is 275 g/mol. The molecular weight excluding hydrogens is 254 g/mol. The maximum atomic E-state index is 11.3. The van der Waals surface area contributed by atoms with Crippen LogP contribution in [0.15, 0.2) is 36.4 Å². The van der Waals surface area contributed by atoms with Gasteiger partial charge in [0.15, 0.2) is 0 Å². The molecule has 0 aromatic heterocycles. The smallest absolute Gasteiger partial charge is 0.0483 e. The molecule has 1 fully saturated rings. The summed E-state index contributed by atoms with van der Waals surface area (Å²) < 4.78 is 11.3. The first-order chi connectivity index (χ1) is 9.20. The second-order valence-electron chi connectivity index (χ2n) is 5.84. The Morgan fingerprint density at radius 3 is 2.89 bits per heavy atom. The van der Waals surface area contributed by atoms with E-state index in [9.17, 15) is 4.21 Å². The molecule has 0 heterocycles. The van der Waals surface area contributed by atoms with Crippen molar-refractivity contribution in [2.75, 3.05) is 18.1 Å². The lowest BCUT2D eigenvalue weighted by Crippen LogP contribution is -2.18. The quantitative estimate of drug-likeness (QED) is 0.836. The topological polar surface area (TPSA) is 29.1 Å². The van der Waals surface area contributed by atoms with E-state index < -0.39 is 10.8 Å². The third kappa shape index (κ3) is 3.08. The summed E-state index contributed by atoms with van der Waals surface area (Å²) in [4.78, 5) is 0. The van der Waals surface area contributed by atoms with Gasteiger partial charge in [0.1, 0.15) is 0 Å². The fourth-order valence-corrected chi connectivity index (χ4v) is 4.03. The van der Waals surface area contributed by atoms with Gasteiger partial charge in [0, 0.05) is 35.0 Å². The largest absolute Gasteiger partial charge is 0.385 e. The van der Waals surface area contributed by atoms with Gasteiger partial charge in [-0.1, -0.05) is 24.3 Å². The van der Waals surface area contributed by atoms with Crippen LogP contribution in [0.4, 0.5) is 5.69 Å². The molecule has 19 heavy (non-hydrogen) atoms. The zero-order valence-electron chi connectivity index (χ0n) is 11.3. The van der Waals surface area contributed by atoms with Gasteiger partial charge in [0.25, 0.3) is 0 Å². The van der Waals surface area contributed by atoms with Crippen LogP contribution < -0.4 is 5.32 Å². The van der Waals surface area contributed by atoms with E-state index in [1.54, 1.807) is 6.26 Å². The Morgan fingerprint density at radius 1 is 1.32 bits per heavy atom. The maximum Gasteiger partial charge on any atom is 0.0483 e. The highest BCUT2D eigenvalue weighted by atomic mass is 32.2. The molecule has 0 unspecified atom stereocenters. The van der Waals surface area contributed by atoms with Crippen molar-refractivity contribution < 1.29 is 4.21 Å². The highest BCUT2D eigenvalue weighted by Gasteiger charge is 2.35. The third-order valence-electron chi connectivity index (χ3n) is 4.28. The Bertz CT molecular complexity index is 511. The summed E-state index contributed by atoms with van der Waals surface area (Å²) in [7, 11) is -0.769. The zero-order chi connectivity index (χ0) is 13.2. The van der Waals surface area contributed by atoms with Crippen LogP contribution in [0.5, 0.6) is 0 Å². The average Bonchev–Trinajstić information content (AvgIpc) is 2.98. The summed E-state index contributed by atoms with van der Waals surface area (Å²) in [6, 6.07) is 8.33. The number of anilines is 1. The van der Waals surface area contributed by atoms with Crippen molar-refractivity contribution in [2.45, 2.75) is 18.6 Å². The van der Waals surface area contributed by atoms with Crippen molar-refractivity contribution in [3.8, 4) is 0 Å². The van der Waals surface area contributed by atoms with Gasteiger partial charge >= 0.3 is 0 Å². The van der Waals surface area contributed by atoms with Crippen LogP contribution >= 0.6 is 0 Å². The van der Waals surface area contributed by atoms with Crippen molar-refractivity contribution in [3.05, 3.63) is 42.0 Å². The van der Waals surface area contributed by atoms with E-state index in [1.165, 1.54) is 12.8 Å². The van der Waals surface area contributed by atoms with Crippen LogP contribution in [0.2, 0.25) is 0 Å². The molecule has 0 radical (unpaired) electrons. The first-order valence-corrected chi connectivity index (χ1v) is 8.74. The van der Waals surface area contributed by atoms with Gasteiger partial charge < -0.3 is 5.32 Å². The normalized spacial score (nSPS) is 29.6. The highest BCUT2D eigenvalue weighted by molar-refractivity contribution is 7.83. The van der Waals surface area contributed by atoms with Crippen LogP contribution in [0.1, 0.15) is 18.4 Å². The van der Waals surface area contributed by atoms with Crippen molar-refractivity contribution in [1.29, 1.82) is 0 Å². The lowest BCUT2D eigenvalue weighted by Gasteiger charge is -2.19. The van der Waals surface area contributed by atoms with Crippen molar-refractivity contribution in [2.24, 2.45) is 17.8 Å². The van der Waals surface area contributed by atoms with E-state index in [2.05, 4.69) is 29.6 Å². The SMILES string of the molecule is C[S@@](=O)Cc1cccc(NC[C@@H]2C[C@H]3C=C[C@H]2C3)c1. The second kappa shape index (κ2) is 5.49. The Morgan fingerprint density at radius 2 is 2.21 bits per heavy atom. The molecule has 1 aromatic rings. The molecule has 2 nitrogen and oxygen atoms in total. The molecule has 0 spiro atoms. The summed E-state index contributed by atoms with van der Waals surface area (Å²) in [6.07, 6.45) is 9.24. The van der Waals surface area contributed by atoms with Crippen LogP contribution in [0.3, 0.4) is 0 Å². The number of rotatable bonds is 5. The first-order valence-electron chi connectivity index (χ1n) is 7.02. The predicted octanol–water partition coefficient (Wildman–Crippen LogP) is 3.19. The summed E-state index contributed by atoms with van der Waals surface area (Å²) in [5.74, 6) is 3.07. The molecule has 1 N–H and O–H groups in total. The molecule has 1 saturated carbocycles. The molecule has 2 aliphatic rings. The minimum atomic E-state index is -0.769. The van der Waals surface area contributed by atoms with Gasteiger partial charge in [-0.15, -0.1) is 0 Å². The number of benzene rings is 1. The number of hydrogen-bond acceptors (Lipinski definition) is 2. The fourth-order valence-electron chi connectivity index (χ4n) is 3.38. The van der Waals surface area contributed by atoms with Crippen LogP contribution in [0.25, 0.3) is 0 Å². The van der Waals surface area contributed by atoms with E-state index >= 15 is 0 Å². The van der Waals surface area contributed by atoms with Gasteiger partial charge in [-0.3, -0.25) is 4.21 Å². The van der Waals surface area contributed by atoms with Gasteiger partial charge in [-0.05, 0) is 48.3 Å². The number of nitrogens with one attached hydrogen (secondary N) is 1. The summed E-state index contributed by atoms with van der Waals surface area (Å²) in [5.41, 5.74) is 2.31. The molecule has 3 heteroatoms. The van der Waals surface area contributed by atoms with Crippen LogP contribution in [-0.2, 0) is 16.6 Å². The van der Waals surface area contributed by atoms with Gasteiger partial charge in [-0.2, -0.15) is 0 Å². The summed E-state index contributed by atoms with van der Waals surface area (Å²) in [6.45, 7) is 1.06. The molecule has 2 aliphatic carbocycles. The minimum absolute atomic E-state index is 0.645. The van der Waals surface area contributed by atoms with E-state index in [1.807, 2.05) is 12.1 Å². The molecule has 0 aliphatic heterocycles.